The van der Waals surface area contributed by atoms with Crippen LogP contribution >= 0.6 is 0 Å². The summed E-state index contributed by atoms with van der Waals surface area (Å²) in [5.41, 5.74) is 0.762. The number of hydrogen-bond donors (Lipinski definition) is 1. The van der Waals surface area contributed by atoms with E-state index >= 15 is 0 Å². The lowest BCUT2D eigenvalue weighted by molar-refractivity contribution is -0.125. The van der Waals surface area contributed by atoms with Gasteiger partial charge < -0.3 is 14.5 Å². The maximum absolute atomic E-state index is 12.1. The summed E-state index contributed by atoms with van der Waals surface area (Å²) in [6.45, 7) is 3.84. The third kappa shape index (κ3) is 2.86. The van der Waals surface area contributed by atoms with E-state index in [9.17, 15) is 9.59 Å². The van der Waals surface area contributed by atoms with E-state index in [1.165, 1.54) is 0 Å². The first-order chi connectivity index (χ1) is 10.5. The van der Waals surface area contributed by atoms with Crippen LogP contribution in [-0.4, -0.2) is 22.8 Å². The highest BCUT2D eigenvalue weighted by Crippen LogP contribution is 2.24. The molecule has 0 spiro atoms. The molecule has 3 heterocycles. The molecule has 1 N–H and O–H groups in total. The molecule has 0 aromatic carbocycles. The van der Waals surface area contributed by atoms with Gasteiger partial charge in [0.2, 0.25) is 0 Å². The largest absolute Gasteiger partial charge is 0.481 e. The Hall–Kier alpha value is -2.63. The van der Waals surface area contributed by atoms with Crippen LogP contribution in [0.3, 0.4) is 0 Å². The summed E-state index contributed by atoms with van der Waals surface area (Å²) in [5.74, 6) is 1.67. The monoisotopic (exact) mass is 300 g/mol. The number of aryl methyl sites for hydroxylation is 1. The number of carbonyl (C=O) groups is 2. The second kappa shape index (κ2) is 5.63. The summed E-state index contributed by atoms with van der Waals surface area (Å²) in [4.78, 5) is 28.0. The maximum atomic E-state index is 12.1. The molecule has 22 heavy (non-hydrogen) atoms. The van der Waals surface area contributed by atoms with Gasteiger partial charge in [-0.3, -0.25) is 9.59 Å². The molecular formula is C16H16N2O4. The third-order valence-electron chi connectivity index (χ3n) is 3.48. The SMILES string of the molecule is Cc1ccc(CNC(=O)c2ccc3c(n2)CC(=O)C(C)O3)o1. The number of nitrogens with zero attached hydrogens (tertiary/aromatic N) is 1. The molecule has 0 fully saturated rings. The Morgan fingerprint density at radius 1 is 1.36 bits per heavy atom. The number of pyridine rings is 1. The Morgan fingerprint density at radius 2 is 2.18 bits per heavy atom. The standard InChI is InChI=1S/C16H16N2O4/c1-9-3-4-11(21-9)8-17-16(20)12-5-6-15-13(18-12)7-14(19)10(2)22-15/h3-6,10H,7-8H2,1-2H3,(H,17,20). The van der Waals surface area contributed by atoms with Gasteiger partial charge in [0.25, 0.3) is 5.91 Å². The van der Waals surface area contributed by atoms with Crippen molar-refractivity contribution in [1.82, 2.24) is 10.3 Å². The van der Waals surface area contributed by atoms with Gasteiger partial charge in [-0.1, -0.05) is 0 Å². The lowest BCUT2D eigenvalue weighted by atomic mass is 10.1. The van der Waals surface area contributed by atoms with Crippen LogP contribution in [0.25, 0.3) is 0 Å². The van der Waals surface area contributed by atoms with Gasteiger partial charge in [0.1, 0.15) is 23.0 Å². The first-order valence-corrected chi connectivity index (χ1v) is 7.06. The van der Waals surface area contributed by atoms with Crippen LogP contribution in [0.1, 0.15) is 34.6 Å². The number of nitrogens with one attached hydrogen (secondary N) is 1. The lowest BCUT2D eigenvalue weighted by Gasteiger charge is -2.21. The molecule has 1 atom stereocenters. The molecule has 1 unspecified atom stereocenters. The van der Waals surface area contributed by atoms with Gasteiger partial charge in [-0.15, -0.1) is 0 Å². The molecule has 6 heteroatoms. The predicted octanol–water partition coefficient (Wildman–Crippen LogP) is 1.81. The predicted molar refractivity (Wildman–Crippen MR) is 77.7 cm³/mol. The zero-order valence-electron chi connectivity index (χ0n) is 12.4. The third-order valence-corrected chi connectivity index (χ3v) is 3.48. The number of fused-ring (bicyclic) bond motifs is 1. The molecule has 0 bridgehead atoms. The highest BCUT2D eigenvalue weighted by atomic mass is 16.5. The van der Waals surface area contributed by atoms with Gasteiger partial charge in [0, 0.05) is 0 Å². The highest BCUT2D eigenvalue weighted by Gasteiger charge is 2.26. The maximum Gasteiger partial charge on any atom is 0.270 e. The Labute approximate surface area is 127 Å². The molecule has 1 amide bonds. The number of aromatic nitrogens is 1. The van der Waals surface area contributed by atoms with Crippen LogP contribution in [0.2, 0.25) is 0 Å². The van der Waals surface area contributed by atoms with Crippen molar-refractivity contribution in [1.29, 1.82) is 0 Å². The Morgan fingerprint density at radius 3 is 2.91 bits per heavy atom. The second-order valence-electron chi connectivity index (χ2n) is 5.24. The van der Waals surface area contributed by atoms with Gasteiger partial charge in [-0.05, 0) is 38.1 Å². The number of Topliss-reactive ketones (excluding diaryl/α,β-unsaturated/α-hetero) is 1. The molecular weight excluding hydrogens is 284 g/mol. The van der Waals surface area contributed by atoms with E-state index in [4.69, 9.17) is 9.15 Å². The minimum Gasteiger partial charge on any atom is -0.481 e. The van der Waals surface area contributed by atoms with Crippen molar-refractivity contribution in [2.45, 2.75) is 32.9 Å². The van der Waals surface area contributed by atoms with Crippen LogP contribution in [0, 0.1) is 6.92 Å². The Kier molecular flexibility index (Phi) is 3.66. The quantitative estimate of drug-likeness (QED) is 0.935. The van der Waals surface area contributed by atoms with Crippen molar-refractivity contribution in [3.8, 4) is 5.75 Å². The van der Waals surface area contributed by atoms with E-state index in [1.807, 2.05) is 19.1 Å². The number of furan rings is 1. The van der Waals surface area contributed by atoms with E-state index in [0.29, 0.717) is 17.2 Å². The van der Waals surface area contributed by atoms with Crippen LogP contribution in [0.5, 0.6) is 5.75 Å². The van der Waals surface area contributed by atoms with Crippen LogP contribution in [0.15, 0.2) is 28.7 Å². The molecule has 1 aliphatic heterocycles. The zero-order valence-corrected chi connectivity index (χ0v) is 12.4. The van der Waals surface area contributed by atoms with E-state index < -0.39 is 6.10 Å². The lowest BCUT2D eigenvalue weighted by Crippen LogP contribution is -2.31. The molecule has 2 aromatic heterocycles. The number of ketones is 1. The van der Waals surface area contributed by atoms with Crippen molar-refractivity contribution in [2.75, 3.05) is 0 Å². The van der Waals surface area contributed by atoms with E-state index in [2.05, 4.69) is 10.3 Å². The van der Waals surface area contributed by atoms with Crippen LogP contribution in [-0.2, 0) is 17.8 Å². The fourth-order valence-electron chi connectivity index (χ4n) is 2.25. The fourth-order valence-corrected chi connectivity index (χ4v) is 2.25. The normalized spacial score (nSPS) is 16.8. The Bertz CT molecular complexity index is 735. The number of amides is 1. The summed E-state index contributed by atoms with van der Waals surface area (Å²) in [6, 6.07) is 6.91. The van der Waals surface area contributed by atoms with Crippen molar-refractivity contribution in [3.05, 3.63) is 47.2 Å². The number of carbonyl (C=O) groups excluding carboxylic acids is 2. The Balaban J connectivity index is 1.71. The van der Waals surface area contributed by atoms with Gasteiger partial charge in [0.15, 0.2) is 11.9 Å². The number of rotatable bonds is 3. The summed E-state index contributed by atoms with van der Waals surface area (Å²) < 4.78 is 10.8. The molecule has 1 aliphatic rings. The summed E-state index contributed by atoms with van der Waals surface area (Å²) in [7, 11) is 0. The molecule has 2 aromatic rings. The van der Waals surface area contributed by atoms with E-state index in [-0.39, 0.29) is 30.3 Å². The smallest absolute Gasteiger partial charge is 0.270 e. The number of hydrogen-bond acceptors (Lipinski definition) is 5. The molecule has 0 saturated carbocycles. The van der Waals surface area contributed by atoms with Crippen LogP contribution in [0.4, 0.5) is 0 Å². The fraction of sp³-hybridized carbons (Fsp3) is 0.312. The second-order valence-corrected chi connectivity index (χ2v) is 5.24. The topological polar surface area (TPSA) is 81.4 Å². The summed E-state index contributed by atoms with van der Waals surface area (Å²) in [6.07, 6.45) is -0.272. The molecule has 0 radical (unpaired) electrons. The molecule has 3 rings (SSSR count). The van der Waals surface area contributed by atoms with Gasteiger partial charge >= 0.3 is 0 Å². The first-order valence-electron chi connectivity index (χ1n) is 7.06. The summed E-state index contributed by atoms with van der Waals surface area (Å²) in [5, 5.41) is 2.73. The summed E-state index contributed by atoms with van der Waals surface area (Å²) >= 11 is 0. The minimum absolute atomic E-state index is 0.0383. The van der Waals surface area contributed by atoms with Crippen LogP contribution < -0.4 is 10.1 Å². The van der Waals surface area contributed by atoms with Crippen molar-refractivity contribution < 1.29 is 18.7 Å². The average Bonchev–Trinajstić information content (AvgIpc) is 2.91. The molecule has 114 valence electrons. The van der Waals surface area contributed by atoms with Crippen molar-refractivity contribution in [3.63, 3.8) is 0 Å². The van der Waals surface area contributed by atoms with Gasteiger partial charge in [-0.25, -0.2) is 4.98 Å². The first kappa shape index (κ1) is 14.3. The van der Waals surface area contributed by atoms with E-state index in [0.717, 1.165) is 5.76 Å². The van der Waals surface area contributed by atoms with Gasteiger partial charge in [-0.2, -0.15) is 0 Å². The van der Waals surface area contributed by atoms with E-state index in [1.54, 1.807) is 19.1 Å². The average molecular weight is 300 g/mol. The highest BCUT2D eigenvalue weighted by molar-refractivity contribution is 5.93. The molecule has 0 aliphatic carbocycles. The molecule has 6 nitrogen and oxygen atoms in total. The van der Waals surface area contributed by atoms with Crippen molar-refractivity contribution >= 4 is 11.7 Å². The molecule has 0 saturated heterocycles. The van der Waals surface area contributed by atoms with Crippen molar-refractivity contribution in [2.24, 2.45) is 0 Å². The zero-order chi connectivity index (χ0) is 15.7. The minimum atomic E-state index is -0.462. The number of ether oxygens (including phenoxy) is 1. The van der Waals surface area contributed by atoms with Gasteiger partial charge in [0.05, 0.1) is 18.7 Å².